The Bertz CT molecular complexity index is 1460. The molecule has 1 saturated heterocycles. The first kappa shape index (κ1) is 27.4. The zero-order valence-electron chi connectivity index (χ0n) is 22.8. The molecule has 1 fully saturated rings. The van der Waals surface area contributed by atoms with E-state index in [9.17, 15) is 19.5 Å². The van der Waals surface area contributed by atoms with Crippen LogP contribution in [0.25, 0.3) is 5.76 Å². The summed E-state index contributed by atoms with van der Waals surface area (Å²) in [5.74, 6) is -1.33. The van der Waals surface area contributed by atoms with Crippen LogP contribution in [-0.4, -0.2) is 44.1 Å². The lowest BCUT2D eigenvalue weighted by atomic mass is 9.84. The lowest BCUT2D eigenvalue weighted by molar-refractivity contribution is -0.132. The van der Waals surface area contributed by atoms with Gasteiger partial charge in [0.15, 0.2) is 0 Å². The maximum Gasteiger partial charge on any atom is 0.337 e. The minimum atomic E-state index is -0.969. The molecule has 0 aromatic heterocycles. The van der Waals surface area contributed by atoms with E-state index in [1.807, 2.05) is 20.8 Å². The molecule has 1 aliphatic rings. The minimum Gasteiger partial charge on any atom is -0.507 e. The number of Topliss-reactive ketones (excluding diaryl/α,β-unsaturated/α-hetero) is 1. The molecule has 8 heteroatoms. The van der Waals surface area contributed by atoms with Gasteiger partial charge in [0, 0.05) is 16.8 Å². The number of ketones is 1. The zero-order chi connectivity index (χ0) is 28.5. The summed E-state index contributed by atoms with van der Waals surface area (Å²) < 4.78 is 15.6. The Hall–Kier alpha value is -4.59. The average molecular weight is 530 g/mol. The highest BCUT2D eigenvalue weighted by Gasteiger charge is 2.47. The Balaban J connectivity index is 1.96. The standard InChI is InChI=1S/C31H31NO7/c1-31(2,3)23-17-19(12-15-24(23)38-5)27(33)25-26(18-10-13-22(37-4)14-11-18)32(29(35)28(25)34)21-9-7-8-20(16-21)30(36)39-6/h7-17,26,33H,1-6H3/b27-25-. The van der Waals surface area contributed by atoms with E-state index in [1.54, 1.807) is 67.8 Å². The summed E-state index contributed by atoms with van der Waals surface area (Å²) in [7, 11) is 4.37. The van der Waals surface area contributed by atoms with Crippen molar-refractivity contribution < 1.29 is 33.7 Å². The molecule has 3 aromatic carbocycles. The molecule has 1 amide bonds. The molecule has 1 N–H and O–H groups in total. The van der Waals surface area contributed by atoms with Gasteiger partial charge >= 0.3 is 5.97 Å². The molecule has 4 rings (SSSR count). The third-order valence-corrected chi connectivity index (χ3v) is 6.70. The first-order valence-corrected chi connectivity index (χ1v) is 12.3. The van der Waals surface area contributed by atoms with Crippen molar-refractivity contribution in [3.05, 3.63) is 94.6 Å². The minimum absolute atomic E-state index is 0.0707. The van der Waals surface area contributed by atoms with E-state index in [1.165, 1.54) is 25.2 Å². The van der Waals surface area contributed by atoms with Gasteiger partial charge in [-0.15, -0.1) is 0 Å². The van der Waals surface area contributed by atoms with Crippen LogP contribution in [0.3, 0.4) is 0 Å². The van der Waals surface area contributed by atoms with Crippen molar-refractivity contribution in [3.8, 4) is 11.5 Å². The summed E-state index contributed by atoms with van der Waals surface area (Å²) >= 11 is 0. The van der Waals surface area contributed by atoms with Crippen LogP contribution < -0.4 is 14.4 Å². The lowest BCUT2D eigenvalue weighted by Gasteiger charge is -2.26. The van der Waals surface area contributed by atoms with Crippen LogP contribution in [0.2, 0.25) is 0 Å². The van der Waals surface area contributed by atoms with Crippen molar-refractivity contribution in [2.24, 2.45) is 0 Å². The fourth-order valence-corrected chi connectivity index (χ4v) is 4.70. The van der Waals surface area contributed by atoms with E-state index in [4.69, 9.17) is 14.2 Å². The highest BCUT2D eigenvalue weighted by atomic mass is 16.5. The van der Waals surface area contributed by atoms with Crippen molar-refractivity contribution in [2.75, 3.05) is 26.2 Å². The van der Waals surface area contributed by atoms with E-state index >= 15 is 0 Å². The Morgan fingerprint density at radius 1 is 0.872 bits per heavy atom. The van der Waals surface area contributed by atoms with Gasteiger partial charge < -0.3 is 19.3 Å². The number of hydrogen-bond acceptors (Lipinski definition) is 7. The molecule has 3 aromatic rings. The van der Waals surface area contributed by atoms with Crippen LogP contribution in [0.4, 0.5) is 5.69 Å². The van der Waals surface area contributed by atoms with Gasteiger partial charge in [-0.1, -0.05) is 39.0 Å². The van der Waals surface area contributed by atoms with Crippen LogP contribution in [0, 0.1) is 0 Å². The van der Waals surface area contributed by atoms with E-state index in [-0.39, 0.29) is 22.3 Å². The molecule has 1 aliphatic heterocycles. The van der Waals surface area contributed by atoms with E-state index < -0.39 is 23.7 Å². The number of rotatable bonds is 6. The predicted octanol–water partition coefficient (Wildman–Crippen LogP) is 5.41. The fourth-order valence-electron chi connectivity index (χ4n) is 4.70. The highest BCUT2D eigenvalue weighted by molar-refractivity contribution is 6.51. The first-order valence-electron chi connectivity index (χ1n) is 12.3. The number of anilines is 1. The molecule has 0 radical (unpaired) electrons. The summed E-state index contributed by atoms with van der Waals surface area (Å²) in [4.78, 5) is 40.5. The molecule has 39 heavy (non-hydrogen) atoms. The van der Waals surface area contributed by atoms with E-state index in [0.717, 1.165) is 5.56 Å². The fraction of sp³-hybridized carbons (Fsp3) is 0.258. The van der Waals surface area contributed by atoms with Gasteiger partial charge in [0.2, 0.25) is 0 Å². The van der Waals surface area contributed by atoms with Crippen molar-refractivity contribution >= 4 is 29.1 Å². The second-order valence-electron chi connectivity index (χ2n) is 10.1. The molecule has 0 aliphatic carbocycles. The van der Waals surface area contributed by atoms with Crippen molar-refractivity contribution in [1.82, 2.24) is 0 Å². The second kappa shape index (κ2) is 10.6. The maximum atomic E-state index is 13.5. The monoisotopic (exact) mass is 529 g/mol. The Morgan fingerprint density at radius 2 is 1.56 bits per heavy atom. The molecule has 1 unspecified atom stereocenters. The summed E-state index contributed by atoms with van der Waals surface area (Å²) in [6, 6.07) is 17.3. The van der Waals surface area contributed by atoms with Gasteiger partial charge in [0.05, 0.1) is 38.5 Å². The van der Waals surface area contributed by atoms with Crippen LogP contribution in [0.5, 0.6) is 11.5 Å². The first-order chi connectivity index (χ1) is 18.5. The number of aliphatic hydroxyl groups excluding tert-OH is 1. The van der Waals surface area contributed by atoms with Gasteiger partial charge in [-0.3, -0.25) is 14.5 Å². The van der Waals surface area contributed by atoms with Crippen molar-refractivity contribution in [1.29, 1.82) is 0 Å². The number of aliphatic hydroxyl groups is 1. The quantitative estimate of drug-likeness (QED) is 0.197. The number of ether oxygens (including phenoxy) is 3. The van der Waals surface area contributed by atoms with Crippen LogP contribution in [0.15, 0.2) is 72.3 Å². The Morgan fingerprint density at radius 3 is 2.15 bits per heavy atom. The summed E-state index contributed by atoms with van der Waals surface area (Å²) in [5.41, 5.74) is 1.91. The number of methoxy groups -OCH3 is 3. The Kier molecular flexibility index (Phi) is 7.49. The molecule has 0 saturated carbocycles. The van der Waals surface area contributed by atoms with Gasteiger partial charge in [-0.25, -0.2) is 4.79 Å². The largest absolute Gasteiger partial charge is 0.507 e. The van der Waals surface area contributed by atoms with Gasteiger partial charge in [-0.05, 0) is 59.5 Å². The SMILES string of the molecule is COC(=O)c1cccc(N2C(=O)C(=O)/C(=C(\O)c3ccc(OC)c(C(C)(C)C)c3)C2c2ccc(OC)cc2)c1. The molecular formula is C31H31NO7. The smallest absolute Gasteiger partial charge is 0.337 e. The summed E-state index contributed by atoms with van der Waals surface area (Å²) in [6.45, 7) is 6.04. The normalized spacial score (nSPS) is 16.8. The zero-order valence-corrected chi connectivity index (χ0v) is 22.8. The van der Waals surface area contributed by atoms with Crippen LogP contribution in [0.1, 0.15) is 53.9 Å². The maximum absolute atomic E-state index is 13.5. The number of hydrogen-bond donors (Lipinski definition) is 1. The molecule has 1 atom stereocenters. The Labute approximate surface area is 227 Å². The topological polar surface area (TPSA) is 102 Å². The number of nitrogens with zero attached hydrogens (tertiary/aromatic N) is 1. The lowest BCUT2D eigenvalue weighted by Crippen LogP contribution is -2.29. The summed E-state index contributed by atoms with van der Waals surface area (Å²) in [5, 5.41) is 11.6. The molecular weight excluding hydrogens is 498 g/mol. The molecule has 8 nitrogen and oxygen atoms in total. The molecule has 0 spiro atoms. The number of carbonyl (C=O) groups excluding carboxylic acids is 3. The van der Waals surface area contributed by atoms with Crippen molar-refractivity contribution in [2.45, 2.75) is 32.2 Å². The third-order valence-electron chi connectivity index (χ3n) is 6.70. The number of benzene rings is 3. The third kappa shape index (κ3) is 5.10. The van der Waals surface area contributed by atoms with E-state index in [0.29, 0.717) is 28.3 Å². The van der Waals surface area contributed by atoms with E-state index in [2.05, 4.69) is 0 Å². The van der Waals surface area contributed by atoms with Gasteiger partial charge in [-0.2, -0.15) is 0 Å². The molecule has 1 heterocycles. The van der Waals surface area contributed by atoms with Gasteiger partial charge in [0.1, 0.15) is 17.3 Å². The number of carbonyl (C=O) groups is 3. The van der Waals surface area contributed by atoms with Crippen molar-refractivity contribution in [3.63, 3.8) is 0 Å². The summed E-state index contributed by atoms with van der Waals surface area (Å²) in [6.07, 6.45) is 0. The van der Waals surface area contributed by atoms with Gasteiger partial charge in [0.25, 0.3) is 11.7 Å². The predicted molar refractivity (Wildman–Crippen MR) is 147 cm³/mol. The average Bonchev–Trinajstić information content (AvgIpc) is 3.21. The number of esters is 1. The number of amides is 1. The molecule has 0 bridgehead atoms. The van der Waals surface area contributed by atoms with Crippen LogP contribution >= 0.6 is 0 Å². The molecule has 202 valence electrons. The highest BCUT2D eigenvalue weighted by Crippen LogP contribution is 2.43. The van der Waals surface area contributed by atoms with Crippen LogP contribution in [-0.2, 0) is 19.7 Å². The second-order valence-corrected chi connectivity index (χ2v) is 10.1.